The third-order valence-electron chi connectivity index (χ3n) is 6.24. The highest BCUT2D eigenvalue weighted by atomic mass is 16.5. The van der Waals surface area contributed by atoms with Crippen molar-refractivity contribution in [2.45, 2.75) is 104 Å². The maximum atomic E-state index is 12.4. The van der Waals surface area contributed by atoms with Crippen LogP contribution in [0.15, 0.2) is 24.3 Å². The van der Waals surface area contributed by atoms with Gasteiger partial charge in [-0.1, -0.05) is 64.7 Å². The molecule has 0 aromatic heterocycles. The van der Waals surface area contributed by atoms with E-state index in [0.29, 0.717) is 37.4 Å². The molecular formula is C30H51N5O5. The van der Waals surface area contributed by atoms with Crippen LogP contribution in [0.5, 0.6) is 5.75 Å². The fraction of sp³-hybridized carbons (Fsp3) is 0.667. The van der Waals surface area contributed by atoms with E-state index in [4.69, 9.17) is 4.74 Å². The summed E-state index contributed by atoms with van der Waals surface area (Å²) in [5.74, 6) is -0.268. The first-order valence-corrected chi connectivity index (χ1v) is 14.9. The molecule has 10 heteroatoms. The van der Waals surface area contributed by atoms with Crippen LogP contribution in [0.1, 0.15) is 97.8 Å². The number of rotatable bonds is 23. The summed E-state index contributed by atoms with van der Waals surface area (Å²) in [6, 6.07) is 7.00. The van der Waals surface area contributed by atoms with Crippen LogP contribution < -0.4 is 31.3 Å². The van der Waals surface area contributed by atoms with Crippen LogP contribution in [-0.2, 0) is 19.2 Å². The lowest BCUT2D eigenvalue weighted by Gasteiger charge is -2.20. The van der Waals surface area contributed by atoms with Crippen molar-refractivity contribution in [1.82, 2.24) is 21.3 Å². The molecule has 1 aromatic rings. The van der Waals surface area contributed by atoms with Gasteiger partial charge in [-0.15, -0.1) is 0 Å². The van der Waals surface area contributed by atoms with Gasteiger partial charge in [-0.2, -0.15) is 0 Å². The van der Waals surface area contributed by atoms with E-state index >= 15 is 0 Å². The standard InChI is InChI=1S/C30H51N5O5/c1-4-5-6-7-8-9-10-11-12-13-20-32-28(38)15-14-23-40-27-18-16-26(17-19-27)35-29(34-25(3)37)30(39)33-22-21-31-24(2)36/h16-19,29,35H,4-15,20-23H2,1-3H3,(H,31,36)(H,32,38)(H,33,39)(H,34,37). The maximum absolute atomic E-state index is 12.4. The highest BCUT2D eigenvalue weighted by molar-refractivity contribution is 5.88. The molecule has 0 heterocycles. The van der Waals surface area contributed by atoms with Gasteiger partial charge in [0.2, 0.25) is 17.7 Å². The molecule has 1 rings (SSSR count). The predicted molar refractivity (Wildman–Crippen MR) is 159 cm³/mol. The minimum absolute atomic E-state index is 0.0541. The molecule has 40 heavy (non-hydrogen) atoms. The van der Waals surface area contributed by atoms with E-state index in [1.807, 2.05) is 0 Å². The van der Waals surface area contributed by atoms with Crippen LogP contribution in [0.4, 0.5) is 5.69 Å². The summed E-state index contributed by atoms with van der Waals surface area (Å²) in [5.41, 5.74) is 0.620. The van der Waals surface area contributed by atoms with Gasteiger partial charge in [0.1, 0.15) is 5.75 Å². The lowest BCUT2D eigenvalue weighted by molar-refractivity contribution is -0.127. The van der Waals surface area contributed by atoms with Crippen LogP contribution in [0.3, 0.4) is 0 Å². The van der Waals surface area contributed by atoms with Gasteiger partial charge in [-0.25, -0.2) is 0 Å². The smallest absolute Gasteiger partial charge is 0.263 e. The van der Waals surface area contributed by atoms with Crippen LogP contribution in [0.25, 0.3) is 0 Å². The maximum Gasteiger partial charge on any atom is 0.263 e. The zero-order chi connectivity index (χ0) is 29.4. The molecule has 5 N–H and O–H groups in total. The monoisotopic (exact) mass is 561 g/mol. The lowest BCUT2D eigenvalue weighted by atomic mass is 10.1. The molecule has 1 atom stereocenters. The van der Waals surface area contributed by atoms with Gasteiger partial charge < -0.3 is 31.3 Å². The fourth-order valence-corrected chi connectivity index (χ4v) is 4.06. The van der Waals surface area contributed by atoms with E-state index in [1.165, 1.54) is 65.2 Å². The zero-order valence-corrected chi connectivity index (χ0v) is 24.7. The number of hydrogen-bond donors (Lipinski definition) is 5. The van der Waals surface area contributed by atoms with Gasteiger partial charge >= 0.3 is 0 Å². The van der Waals surface area contributed by atoms with E-state index in [2.05, 4.69) is 33.5 Å². The molecule has 1 aromatic carbocycles. The van der Waals surface area contributed by atoms with Gasteiger partial charge in [-0.3, -0.25) is 19.2 Å². The van der Waals surface area contributed by atoms with Gasteiger partial charge in [-0.05, 0) is 37.1 Å². The van der Waals surface area contributed by atoms with Gasteiger partial charge in [0.05, 0.1) is 6.61 Å². The second kappa shape index (κ2) is 22.5. The molecule has 0 aliphatic carbocycles. The molecule has 226 valence electrons. The fourth-order valence-electron chi connectivity index (χ4n) is 4.06. The Morgan fingerprint density at radius 1 is 0.700 bits per heavy atom. The Kier molecular flexibility index (Phi) is 19.5. The second-order valence-corrected chi connectivity index (χ2v) is 10.1. The van der Waals surface area contributed by atoms with Gasteiger partial charge in [0.15, 0.2) is 6.17 Å². The summed E-state index contributed by atoms with van der Waals surface area (Å²) < 4.78 is 5.73. The third kappa shape index (κ3) is 18.9. The molecule has 1 unspecified atom stereocenters. The SMILES string of the molecule is CCCCCCCCCCCCNC(=O)CCCOc1ccc(NC(NC(C)=O)C(=O)NCCNC(C)=O)cc1. The highest BCUT2D eigenvalue weighted by Crippen LogP contribution is 2.17. The lowest BCUT2D eigenvalue weighted by Crippen LogP contribution is -2.51. The topological polar surface area (TPSA) is 138 Å². The minimum Gasteiger partial charge on any atom is -0.494 e. The van der Waals surface area contributed by atoms with E-state index in [9.17, 15) is 19.2 Å². The number of carbonyl (C=O) groups is 4. The quantitative estimate of drug-likeness (QED) is 0.101. The van der Waals surface area contributed by atoms with E-state index in [0.717, 1.165) is 19.4 Å². The summed E-state index contributed by atoms with van der Waals surface area (Å²) in [5, 5.41) is 13.8. The molecule has 0 radical (unpaired) electrons. The van der Waals surface area contributed by atoms with E-state index in [1.54, 1.807) is 24.3 Å². The Bertz CT molecular complexity index is 863. The molecule has 0 bridgehead atoms. The number of unbranched alkanes of at least 4 members (excludes halogenated alkanes) is 9. The zero-order valence-electron chi connectivity index (χ0n) is 24.7. The average molecular weight is 562 g/mol. The number of amides is 4. The van der Waals surface area contributed by atoms with Gasteiger partial charge in [0.25, 0.3) is 5.91 Å². The minimum atomic E-state index is -0.972. The second-order valence-electron chi connectivity index (χ2n) is 10.1. The third-order valence-corrected chi connectivity index (χ3v) is 6.24. The average Bonchev–Trinajstić information content (AvgIpc) is 2.92. The number of ether oxygens (including phenoxy) is 1. The molecule has 0 aliphatic heterocycles. The van der Waals surface area contributed by atoms with Crippen LogP contribution >= 0.6 is 0 Å². The van der Waals surface area contributed by atoms with Crippen molar-refractivity contribution in [1.29, 1.82) is 0 Å². The molecule has 0 fully saturated rings. The summed E-state index contributed by atoms with van der Waals surface area (Å²) in [4.78, 5) is 47.0. The molecule has 0 saturated heterocycles. The summed E-state index contributed by atoms with van der Waals surface area (Å²) in [7, 11) is 0. The van der Waals surface area contributed by atoms with Crippen molar-refractivity contribution in [2.24, 2.45) is 0 Å². The first-order valence-electron chi connectivity index (χ1n) is 14.9. The molecule has 0 spiro atoms. The number of carbonyl (C=O) groups excluding carboxylic acids is 4. The molecular weight excluding hydrogens is 510 g/mol. The first kappa shape index (κ1) is 34.7. The van der Waals surface area contributed by atoms with Crippen molar-refractivity contribution in [2.75, 3.05) is 31.6 Å². The molecule has 4 amide bonds. The van der Waals surface area contributed by atoms with Gasteiger partial charge in [0, 0.05) is 45.6 Å². The Morgan fingerprint density at radius 3 is 1.90 bits per heavy atom. The summed E-state index contributed by atoms with van der Waals surface area (Å²) >= 11 is 0. The summed E-state index contributed by atoms with van der Waals surface area (Å²) in [6.45, 7) is 6.65. The number of nitrogens with one attached hydrogen (secondary N) is 5. The highest BCUT2D eigenvalue weighted by Gasteiger charge is 2.18. The van der Waals surface area contributed by atoms with E-state index < -0.39 is 12.1 Å². The Hall–Kier alpha value is -3.30. The number of hydrogen-bond acceptors (Lipinski definition) is 6. The molecule has 0 saturated carbocycles. The first-order chi connectivity index (χ1) is 19.3. The molecule has 10 nitrogen and oxygen atoms in total. The molecule has 0 aliphatic rings. The largest absolute Gasteiger partial charge is 0.494 e. The Balaban J connectivity index is 2.20. The van der Waals surface area contributed by atoms with E-state index in [-0.39, 0.29) is 24.3 Å². The van der Waals surface area contributed by atoms with Crippen molar-refractivity contribution in [3.8, 4) is 5.75 Å². The Labute approximate surface area is 240 Å². The van der Waals surface area contributed by atoms with Crippen molar-refractivity contribution in [3.05, 3.63) is 24.3 Å². The van der Waals surface area contributed by atoms with Crippen LogP contribution in [0.2, 0.25) is 0 Å². The summed E-state index contributed by atoms with van der Waals surface area (Å²) in [6.07, 6.45) is 12.8. The normalized spacial score (nSPS) is 11.3. The van der Waals surface area contributed by atoms with Crippen LogP contribution in [-0.4, -0.2) is 56.0 Å². The van der Waals surface area contributed by atoms with Crippen molar-refractivity contribution < 1.29 is 23.9 Å². The van der Waals surface area contributed by atoms with Crippen LogP contribution in [0, 0.1) is 0 Å². The van der Waals surface area contributed by atoms with Crippen molar-refractivity contribution >= 4 is 29.3 Å². The van der Waals surface area contributed by atoms with Crippen molar-refractivity contribution in [3.63, 3.8) is 0 Å². The Morgan fingerprint density at radius 2 is 1.30 bits per heavy atom. The predicted octanol–water partition coefficient (Wildman–Crippen LogP) is 4.01. The number of anilines is 1. The number of benzene rings is 1.